The first-order chi connectivity index (χ1) is 20.7. The van der Waals surface area contributed by atoms with Crippen LogP contribution < -0.4 is 15.0 Å². The fraction of sp³-hybridized carbons (Fsp3) is 0.548. The summed E-state index contributed by atoms with van der Waals surface area (Å²) in [6, 6.07) is 5.39. The summed E-state index contributed by atoms with van der Waals surface area (Å²) in [4.78, 5) is 13.3. The first-order valence-corrected chi connectivity index (χ1v) is 15.7. The molecule has 4 saturated heterocycles. The third-order valence-electron chi connectivity index (χ3n) is 9.29. The molecule has 2 aromatic carbocycles. The Hall–Kier alpha value is -2.50. The molecule has 5 fully saturated rings. The van der Waals surface area contributed by atoms with Crippen molar-refractivity contribution in [2.75, 3.05) is 57.9 Å². The Kier molecular flexibility index (Phi) is 7.78. The lowest BCUT2D eigenvalue weighted by atomic mass is 9.93. The highest BCUT2D eigenvalue weighted by atomic mass is 35.5. The molecule has 4 aliphatic heterocycles. The number of benzene rings is 2. The quantitative estimate of drug-likeness (QED) is 0.378. The molecule has 1 aliphatic carbocycles. The average Bonchev–Trinajstić information content (AvgIpc) is 3.60. The number of rotatable bonds is 4. The number of halogens is 4. The fourth-order valence-electron chi connectivity index (χ4n) is 7.04. The summed E-state index contributed by atoms with van der Waals surface area (Å²) in [7, 11) is 1.46. The molecule has 0 radical (unpaired) electrons. The van der Waals surface area contributed by atoms with Crippen molar-refractivity contribution in [1.29, 1.82) is 0 Å². The lowest BCUT2D eigenvalue weighted by Gasteiger charge is -2.49. The summed E-state index contributed by atoms with van der Waals surface area (Å²) in [5, 5.41) is 14.9. The van der Waals surface area contributed by atoms with Gasteiger partial charge in [-0.1, -0.05) is 23.2 Å². The summed E-state index contributed by atoms with van der Waals surface area (Å²) in [6.45, 7) is 5.19. The van der Waals surface area contributed by atoms with Crippen molar-refractivity contribution in [3.63, 3.8) is 0 Å². The van der Waals surface area contributed by atoms with Gasteiger partial charge in [0.15, 0.2) is 5.82 Å². The Morgan fingerprint density at radius 2 is 1.93 bits per heavy atom. The molecule has 2 atom stereocenters. The first-order valence-electron chi connectivity index (χ1n) is 15.0. The summed E-state index contributed by atoms with van der Waals surface area (Å²) >= 11 is 13.2. The molecule has 1 spiro atoms. The van der Waals surface area contributed by atoms with Crippen LogP contribution >= 0.6 is 23.2 Å². The molecule has 3 aromatic rings. The van der Waals surface area contributed by atoms with Crippen LogP contribution in [0.4, 0.5) is 14.6 Å². The molecule has 2 N–H and O–H groups in total. The number of anilines is 1. The molecule has 5 aliphatic rings. The largest absolute Gasteiger partial charge is 0.508 e. The van der Waals surface area contributed by atoms with Crippen molar-refractivity contribution >= 4 is 39.9 Å². The van der Waals surface area contributed by atoms with E-state index in [0.717, 1.165) is 37.9 Å². The van der Waals surface area contributed by atoms with Gasteiger partial charge in [-0.2, -0.15) is 9.97 Å². The number of nitrogens with one attached hydrogen (secondary N) is 1. The van der Waals surface area contributed by atoms with Crippen molar-refractivity contribution in [1.82, 2.24) is 20.2 Å². The van der Waals surface area contributed by atoms with Gasteiger partial charge in [0.2, 0.25) is 0 Å². The monoisotopic (exact) mass is 633 g/mol. The number of ether oxygens (including phenoxy) is 2. The maximum absolute atomic E-state index is 16.2. The Balaban J connectivity index is 0.000000283. The number of hydrogen-bond donors (Lipinski definition) is 2. The van der Waals surface area contributed by atoms with Crippen LogP contribution in [0.2, 0.25) is 10.0 Å². The standard InChI is InChI=1S/C24H23Cl2FN4O3.C7H12FN/c1-33-23-29-21-15(22(30-23)31-5-4-28-24(9-31)10-34-11-24)8-17(26)19(20(21)27)14-6-13(32)7-16(25)18(14)12-2-3-12;8-6-4-7-2-1-3-9(7)5-6/h6-8,12,28,32H,2-5,9-11H2,1H3;6-7H,1-5H2. The number of aromatic hydroxyl groups is 1. The maximum atomic E-state index is 16.2. The van der Waals surface area contributed by atoms with E-state index in [4.69, 9.17) is 32.7 Å². The Labute approximate surface area is 259 Å². The van der Waals surface area contributed by atoms with Crippen molar-refractivity contribution in [2.45, 2.75) is 55.8 Å². The number of piperazine rings is 1. The number of nitrogens with zero attached hydrogens (tertiary/aromatic N) is 4. The highest BCUT2D eigenvalue weighted by Gasteiger charge is 2.43. The predicted molar refractivity (Wildman–Crippen MR) is 163 cm³/mol. The zero-order chi connectivity index (χ0) is 29.9. The number of alkyl halides is 1. The van der Waals surface area contributed by atoms with Gasteiger partial charge in [-0.25, -0.2) is 8.78 Å². The van der Waals surface area contributed by atoms with Gasteiger partial charge in [0.25, 0.3) is 0 Å². The van der Waals surface area contributed by atoms with E-state index in [2.05, 4.69) is 25.1 Å². The van der Waals surface area contributed by atoms with Crippen LogP contribution in [0.15, 0.2) is 18.2 Å². The lowest BCUT2D eigenvalue weighted by Crippen LogP contribution is -2.70. The van der Waals surface area contributed by atoms with Gasteiger partial charge in [-0.3, -0.25) is 4.90 Å². The molecule has 230 valence electrons. The smallest absolute Gasteiger partial charge is 0.318 e. The molecule has 12 heteroatoms. The van der Waals surface area contributed by atoms with Crippen molar-refractivity contribution in [3.8, 4) is 22.9 Å². The number of methoxy groups -OCH3 is 1. The predicted octanol–water partition coefficient (Wildman–Crippen LogP) is 5.71. The maximum Gasteiger partial charge on any atom is 0.318 e. The number of phenols is 1. The van der Waals surface area contributed by atoms with E-state index in [1.165, 1.54) is 32.1 Å². The number of hydrogen-bond acceptors (Lipinski definition) is 8. The minimum Gasteiger partial charge on any atom is -0.508 e. The zero-order valence-corrected chi connectivity index (χ0v) is 25.5. The van der Waals surface area contributed by atoms with E-state index < -0.39 is 12.0 Å². The fourth-order valence-corrected chi connectivity index (χ4v) is 7.70. The second kappa shape index (κ2) is 11.5. The van der Waals surface area contributed by atoms with E-state index in [9.17, 15) is 9.50 Å². The van der Waals surface area contributed by atoms with Crippen LogP contribution in [0.5, 0.6) is 11.8 Å². The van der Waals surface area contributed by atoms with Gasteiger partial charge < -0.3 is 24.8 Å². The topological polar surface area (TPSA) is 83.0 Å². The second-order valence-corrected chi connectivity index (χ2v) is 13.2. The number of aromatic nitrogens is 2. The van der Waals surface area contributed by atoms with E-state index in [1.807, 2.05) is 0 Å². The summed E-state index contributed by atoms with van der Waals surface area (Å²) < 4.78 is 39.6. The van der Waals surface area contributed by atoms with E-state index in [1.54, 1.807) is 6.07 Å². The van der Waals surface area contributed by atoms with Gasteiger partial charge in [0, 0.05) is 48.2 Å². The Morgan fingerprint density at radius 1 is 1.12 bits per heavy atom. The number of fused-ring (bicyclic) bond motifs is 2. The van der Waals surface area contributed by atoms with Crippen molar-refractivity contribution in [3.05, 3.63) is 39.6 Å². The molecule has 8 rings (SSSR count). The molecule has 1 aromatic heterocycles. The highest BCUT2D eigenvalue weighted by molar-refractivity contribution is 6.35. The Morgan fingerprint density at radius 3 is 2.63 bits per heavy atom. The van der Waals surface area contributed by atoms with Gasteiger partial charge >= 0.3 is 6.01 Å². The molecule has 0 bridgehead atoms. The SMILES string of the molecule is COc1nc(N2CCNC3(COC3)C2)c2cc(Cl)c(-c3cc(O)cc(Cl)c3C3CC3)c(F)c2n1.FC1CC2CCCN2C1. The summed E-state index contributed by atoms with van der Waals surface area (Å²) in [6.07, 6.45) is 4.73. The molecule has 0 amide bonds. The molecular weight excluding hydrogens is 599 g/mol. The van der Waals surface area contributed by atoms with E-state index in [-0.39, 0.29) is 39.3 Å². The van der Waals surface area contributed by atoms with Crippen LogP contribution in [0, 0.1) is 5.82 Å². The van der Waals surface area contributed by atoms with E-state index >= 15 is 4.39 Å². The summed E-state index contributed by atoms with van der Waals surface area (Å²) in [5.41, 5.74) is 1.44. The van der Waals surface area contributed by atoms with Crippen LogP contribution in [-0.4, -0.2) is 90.8 Å². The molecule has 8 nitrogen and oxygen atoms in total. The van der Waals surface area contributed by atoms with Crippen LogP contribution in [0.1, 0.15) is 43.6 Å². The second-order valence-electron chi connectivity index (χ2n) is 12.4. The molecule has 2 unspecified atom stereocenters. The third kappa shape index (κ3) is 5.50. The molecule has 1 saturated carbocycles. The first kappa shape index (κ1) is 29.2. The third-order valence-corrected chi connectivity index (χ3v) is 9.90. The van der Waals surface area contributed by atoms with Crippen LogP contribution in [0.25, 0.3) is 22.0 Å². The minimum atomic E-state index is -0.593. The minimum absolute atomic E-state index is 0.0465. The van der Waals surface area contributed by atoms with Gasteiger partial charge in [-0.15, -0.1) is 0 Å². The van der Waals surface area contributed by atoms with Gasteiger partial charge in [0.05, 0.1) is 30.9 Å². The lowest BCUT2D eigenvalue weighted by molar-refractivity contribution is -0.0743. The zero-order valence-electron chi connectivity index (χ0n) is 24.0. The summed E-state index contributed by atoms with van der Waals surface area (Å²) in [5.74, 6) is 0.143. The van der Waals surface area contributed by atoms with Crippen molar-refractivity contribution in [2.24, 2.45) is 0 Å². The van der Waals surface area contributed by atoms with Gasteiger partial charge in [-0.05, 0) is 73.9 Å². The average molecular weight is 635 g/mol. The Bertz CT molecular complexity index is 1540. The highest BCUT2D eigenvalue weighted by Crippen LogP contribution is 2.51. The molecular formula is C31H35Cl2F2N5O3. The normalized spacial score (nSPS) is 24.5. The van der Waals surface area contributed by atoms with E-state index in [0.29, 0.717) is 60.7 Å². The molecule has 5 heterocycles. The number of phenolic OH excluding ortho intramolecular Hbond substituents is 1. The van der Waals surface area contributed by atoms with Crippen LogP contribution in [-0.2, 0) is 4.74 Å². The van der Waals surface area contributed by atoms with Gasteiger partial charge in [0.1, 0.15) is 23.3 Å². The van der Waals surface area contributed by atoms with Crippen molar-refractivity contribution < 1.29 is 23.4 Å². The molecule has 43 heavy (non-hydrogen) atoms. The van der Waals surface area contributed by atoms with Crippen LogP contribution in [0.3, 0.4) is 0 Å².